The maximum atomic E-state index is 12.3. The summed E-state index contributed by atoms with van der Waals surface area (Å²) in [5.74, 6) is 2.62. The molecule has 4 rings (SSSR count). The largest absolute Gasteiger partial charge is 0.369 e. The molecule has 3 aliphatic rings. The Morgan fingerprint density at radius 2 is 1.62 bits per heavy atom. The summed E-state index contributed by atoms with van der Waals surface area (Å²) in [5.41, 5.74) is 2.20. The van der Waals surface area contributed by atoms with Crippen LogP contribution in [0.2, 0.25) is 0 Å². The van der Waals surface area contributed by atoms with Gasteiger partial charge in [-0.3, -0.25) is 9.69 Å². The van der Waals surface area contributed by atoms with Crippen molar-refractivity contribution in [2.75, 3.05) is 47.9 Å². The van der Waals surface area contributed by atoms with Crippen LogP contribution >= 0.6 is 11.8 Å². The fourth-order valence-electron chi connectivity index (χ4n) is 3.74. The van der Waals surface area contributed by atoms with E-state index in [-0.39, 0.29) is 11.8 Å². The number of carbonyl (C=O) groups is 1. The molecule has 2 saturated heterocycles. The summed E-state index contributed by atoms with van der Waals surface area (Å²) in [5, 5.41) is 3.10. The van der Waals surface area contributed by atoms with E-state index in [1.54, 1.807) is 0 Å². The molecular weight excluding hydrogens is 318 g/mol. The number of nitrogens with one attached hydrogen (secondary N) is 1. The van der Waals surface area contributed by atoms with Crippen LogP contribution < -0.4 is 10.2 Å². The lowest BCUT2D eigenvalue weighted by atomic mass is 10.0. The van der Waals surface area contributed by atoms with Gasteiger partial charge in [-0.2, -0.15) is 11.8 Å². The number of carbonyl (C=O) groups excluding carboxylic acids is 1. The van der Waals surface area contributed by atoms with Crippen LogP contribution in [-0.2, 0) is 4.79 Å². The lowest BCUT2D eigenvalue weighted by Crippen LogP contribution is -2.47. The van der Waals surface area contributed by atoms with E-state index in [4.69, 9.17) is 0 Å². The highest BCUT2D eigenvalue weighted by molar-refractivity contribution is 7.99. The third-order valence-electron chi connectivity index (χ3n) is 5.47. The van der Waals surface area contributed by atoms with E-state index in [0.717, 1.165) is 49.2 Å². The third kappa shape index (κ3) is 3.89. The average Bonchev–Trinajstić information content (AvgIpc) is 3.48. The van der Waals surface area contributed by atoms with E-state index in [1.165, 1.54) is 31.6 Å². The molecule has 5 heteroatoms. The SMILES string of the molecule is O=C(Nc1ccc(N2CCN(C3CC3)CC2)cc1)C1CCSCC1. The summed E-state index contributed by atoms with van der Waals surface area (Å²) in [7, 11) is 0. The Bertz CT molecular complexity index is 558. The molecule has 0 bridgehead atoms. The van der Waals surface area contributed by atoms with E-state index in [9.17, 15) is 4.79 Å². The van der Waals surface area contributed by atoms with Gasteiger partial charge in [0.05, 0.1) is 0 Å². The summed E-state index contributed by atoms with van der Waals surface area (Å²) < 4.78 is 0. The van der Waals surface area contributed by atoms with Gasteiger partial charge >= 0.3 is 0 Å². The van der Waals surface area contributed by atoms with Crippen molar-refractivity contribution in [1.82, 2.24) is 4.90 Å². The Morgan fingerprint density at radius 3 is 2.25 bits per heavy atom. The van der Waals surface area contributed by atoms with Crippen molar-refractivity contribution in [3.63, 3.8) is 0 Å². The fourth-order valence-corrected chi connectivity index (χ4v) is 4.85. The van der Waals surface area contributed by atoms with Crippen LogP contribution in [0.1, 0.15) is 25.7 Å². The standard InChI is InChI=1S/C19H27N3OS/c23-19(15-7-13-24-14-8-15)20-16-1-3-17(4-2-16)21-9-11-22(12-10-21)18-5-6-18/h1-4,15,18H,5-14H2,(H,20,23). The number of nitrogens with zero attached hydrogens (tertiary/aromatic N) is 2. The third-order valence-corrected chi connectivity index (χ3v) is 6.52. The molecule has 1 aromatic rings. The molecule has 0 atom stereocenters. The zero-order valence-electron chi connectivity index (χ0n) is 14.2. The smallest absolute Gasteiger partial charge is 0.227 e. The zero-order chi connectivity index (χ0) is 16.4. The van der Waals surface area contributed by atoms with Crippen molar-refractivity contribution in [2.24, 2.45) is 5.92 Å². The molecule has 0 unspecified atom stereocenters. The van der Waals surface area contributed by atoms with Crippen molar-refractivity contribution < 1.29 is 4.79 Å². The van der Waals surface area contributed by atoms with E-state index >= 15 is 0 Å². The lowest BCUT2D eigenvalue weighted by Gasteiger charge is -2.36. The maximum absolute atomic E-state index is 12.3. The second-order valence-corrected chi connectivity index (χ2v) is 8.40. The molecule has 1 N–H and O–H groups in total. The van der Waals surface area contributed by atoms with Crippen LogP contribution in [-0.4, -0.2) is 54.5 Å². The zero-order valence-corrected chi connectivity index (χ0v) is 15.1. The van der Waals surface area contributed by atoms with Gasteiger partial charge in [0.1, 0.15) is 0 Å². The van der Waals surface area contributed by atoms with Gasteiger partial charge in [-0.25, -0.2) is 0 Å². The molecule has 0 radical (unpaired) electrons. The molecule has 1 amide bonds. The van der Waals surface area contributed by atoms with E-state index < -0.39 is 0 Å². The van der Waals surface area contributed by atoms with Crippen LogP contribution in [0.25, 0.3) is 0 Å². The summed E-state index contributed by atoms with van der Waals surface area (Å²) in [6, 6.07) is 9.29. The van der Waals surface area contributed by atoms with Crippen molar-refractivity contribution in [3.8, 4) is 0 Å². The van der Waals surface area contributed by atoms with Gasteiger partial charge in [0, 0.05) is 49.5 Å². The Labute approximate surface area is 149 Å². The predicted molar refractivity (Wildman–Crippen MR) is 102 cm³/mol. The first-order chi connectivity index (χ1) is 11.8. The molecule has 2 aliphatic heterocycles. The Morgan fingerprint density at radius 1 is 0.958 bits per heavy atom. The Kier molecular flexibility index (Phi) is 4.99. The van der Waals surface area contributed by atoms with Crippen LogP contribution in [0.15, 0.2) is 24.3 Å². The predicted octanol–water partition coefficient (Wildman–Crippen LogP) is 3.05. The first kappa shape index (κ1) is 16.3. The topological polar surface area (TPSA) is 35.6 Å². The monoisotopic (exact) mass is 345 g/mol. The van der Waals surface area contributed by atoms with E-state index in [1.807, 2.05) is 11.8 Å². The number of thioether (sulfide) groups is 1. The molecule has 4 nitrogen and oxygen atoms in total. The Balaban J connectivity index is 1.30. The number of benzene rings is 1. The molecule has 3 fully saturated rings. The first-order valence-electron chi connectivity index (χ1n) is 9.27. The highest BCUT2D eigenvalue weighted by Gasteiger charge is 2.31. The molecule has 1 aromatic carbocycles. The normalized spacial score (nSPS) is 23.2. The van der Waals surface area contributed by atoms with Crippen molar-refractivity contribution in [3.05, 3.63) is 24.3 Å². The highest BCUT2D eigenvalue weighted by Crippen LogP contribution is 2.29. The summed E-state index contributed by atoms with van der Waals surface area (Å²) in [6.07, 6.45) is 4.82. The average molecular weight is 346 g/mol. The molecule has 0 spiro atoms. The van der Waals surface area contributed by atoms with Crippen LogP contribution in [0.3, 0.4) is 0 Å². The second-order valence-electron chi connectivity index (χ2n) is 7.18. The Hall–Kier alpha value is -1.20. The van der Waals surface area contributed by atoms with Crippen LogP contribution in [0.4, 0.5) is 11.4 Å². The molecule has 24 heavy (non-hydrogen) atoms. The molecule has 0 aromatic heterocycles. The van der Waals surface area contributed by atoms with Gasteiger partial charge in [0.2, 0.25) is 5.91 Å². The minimum absolute atomic E-state index is 0.195. The molecular formula is C19H27N3OS. The lowest BCUT2D eigenvalue weighted by molar-refractivity contribution is -0.120. The van der Waals surface area contributed by atoms with Crippen LogP contribution in [0.5, 0.6) is 0 Å². The number of anilines is 2. The molecule has 2 heterocycles. The first-order valence-corrected chi connectivity index (χ1v) is 10.4. The van der Waals surface area contributed by atoms with E-state index in [0.29, 0.717) is 0 Å². The van der Waals surface area contributed by atoms with Gasteiger partial charge in [-0.05, 0) is 61.5 Å². The van der Waals surface area contributed by atoms with Crippen molar-refractivity contribution in [1.29, 1.82) is 0 Å². The van der Waals surface area contributed by atoms with Crippen molar-refractivity contribution >= 4 is 29.0 Å². The summed E-state index contributed by atoms with van der Waals surface area (Å²) in [4.78, 5) is 17.4. The fraction of sp³-hybridized carbons (Fsp3) is 0.632. The van der Waals surface area contributed by atoms with Gasteiger partial charge in [-0.15, -0.1) is 0 Å². The number of rotatable bonds is 4. The van der Waals surface area contributed by atoms with Crippen LogP contribution in [0, 0.1) is 5.92 Å². The number of amides is 1. The maximum Gasteiger partial charge on any atom is 0.227 e. The minimum Gasteiger partial charge on any atom is -0.369 e. The quantitative estimate of drug-likeness (QED) is 0.910. The number of piperazine rings is 1. The molecule has 1 aliphatic carbocycles. The van der Waals surface area contributed by atoms with Gasteiger partial charge in [0.25, 0.3) is 0 Å². The second kappa shape index (κ2) is 7.36. The molecule has 130 valence electrons. The van der Waals surface area contributed by atoms with E-state index in [2.05, 4.69) is 39.4 Å². The number of hydrogen-bond acceptors (Lipinski definition) is 4. The summed E-state index contributed by atoms with van der Waals surface area (Å²) >= 11 is 1.96. The van der Waals surface area contributed by atoms with Crippen molar-refractivity contribution in [2.45, 2.75) is 31.7 Å². The summed E-state index contributed by atoms with van der Waals surface area (Å²) in [6.45, 7) is 4.59. The highest BCUT2D eigenvalue weighted by atomic mass is 32.2. The molecule has 1 saturated carbocycles. The minimum atomic E-state index is 0.195. The van der Waals surface area contributed by atoms with Gasteiger partial charge in [-0.1, -0.05) is 0 Å². The van der Waals surface area contributed by atoms with Gasteiger partial charge < -0.3 is 10.2 Å². The number of hydrogen-bond donors (Lipinski definition) is 1. The van der Waals surface area contributed by atoms with Gasteiger partial charge in [0.15, 0.2) is 0 Å².